The summed E-state index contributed by atoms with van der Waals surface area (Å²) < 4.78 is 5.40. The van der Waals surface area contributed by atoms with Crippen molar-refractivity contribution in [2.24, 2.45) is 0 Å². The number of ether oxygens (including phenoxy) is 1. The van der Waals surface area contributed by atoms with Crippen LogP contribution in [0.3, 0.4) is 0 Å². The average Bonchev–Trinajstić information content (AvgIpc) is 2.51. The minimum absolute atomic E-state index is 0.355. The van der Waals surface area contributed by atoms with Gasteiger partial charge >= 0.3 is 0 Å². The third-order valence-corrected chi connectivity index (χ3v) is 2.93. The molecule has 4 nitrogen and oxygen atoms in total. The summed E-state index contributed by atoms with van der Waals surface area (Å²) in [7, 11) is 3.51. The molecule has 0 radical (unpaired) electrons. The van der Waals surface area contributed by atoms with Crippen LogP contribution in [0.15, 0.2) is 6.20 Å². The van der Waals surface area contributed by atoms with Gasteiger partial charge in [-0.25, -0.2) is 4.98 Å². The Labute approximate surface area is 98.5 Å². The Bertz CT molecular complexity index is 295. The van der Waals surface area contributed by atoms with Crippen LogP contribution < -0.4 is 0 Å². The third kappa shape index (κ3) is 4.90. The maximum atomic E-state index is 9.50. The highest BCUT2D eigenvalue weighted by Crippen LogP contribution is 2.18. The van der Waals surface area contributed by atoms with Gasteiger partial charge in [-0.15, -0.1) is 11.3 Å². The second kappa shape index (κ2) is 6.40. The summed E-state index contributed by atoms with van der Waals surface area (Å²) in [5.41, 5.74) is 0. The van der Waals surface area contributed by atoms with Gasteiger partial charge in [0.2, 0.25) is 0 Å². The summed E-state index contributed by atoms with van der Waals surface area (Å²) in [5.74, 6) is 0. The van der Waals surface area contributed by atoms with E-state index in [9.17, 15) is 5.11 Å². The number of methoxy groups -OCH3 is 1. The molecule has 0 aliphatic carbocycles. The molecule has 0 bridgehead atoms. The number of likely N-dealkylation sites (N-methyl/N-ethyl adjacent to an activating group) is 1. The van der Waals surface area contributed by atoms with Crippen molar-refractivity contribution in [3.05, 3.63) is 15.5 Å². The van der Waals surface area contributed by atoms with Gasteiger partial charge in [-0.05, 0) is 7.05 Å². The molecule has 0 aromatic carbocycles. The zero-order chi connectivity index (χ0) is 11.3. The highest BCUT2D eigenvalue weighted by Gasteiger charge is 2.09. The van der Waals surface area contributed by atoms with Crippen LogP contribution >= 0.6 is 22.9 Å². The zero-order valence-electron chi connectivity index (χ0n) is 8.81. The van der Waals surface area contributed by atoms with E-state index in [2.05, 4.69) is 4.98 Å². The van der Waals surface area contributed by atoms with E-state index in [0.717, 1.165) is 11.4 Å². The monoisotopic (exact) mass is 250 g/mol. The summed E-state index contributed by atoms with van der Waals surface area (Å²) in [5, 5.41) is 9.50. The Morgan fingerprint density at radius 3 is 3.00 bits per heavy atom. The first kappa shape index (κ1) is 12.9. The fraction of sp³-hybridized carbons (Fsp3) is 0.667. The topological polar surface area (TPSA) is 45.6 Å². The van der Waals surface area contributed by atoms with E-state index in [1.807, 2.05) is 11.9 Å². The number of thiazole rings is 1. The van der Waals surface area contributed by atoms with Crippen molar-refractivity contribution in [3.63, 3.8) is 0 Å². The predicted octanol–water partition coefficient (Wildman–Crippen LogP) is 1.24. The molecule has 1 heterocycles. The number of halogens is 1. The molecule has 0 aliphatic rings. The van der Waals surface area contributed by atoms with Crippen LogP contribution in [-0.2, 0) is 11.3 Å². The van der Waals surface area contributed by atoms with Crippen LogP contribution in [-0.4, -0.2) is 48.4 Å². The van der Waals surface area contributed by atoms with Gasteiger partial charge in [-0.2, -0.15) is 0 Å². The Morgan fingerprint density at radius 1 is 1.73 bits per heavy atom. The van der Waals surface area contributed by atoms with Crippen molar-refractivity contribution in [1.82, 2.24) is 9.88 Å². The first-order valence-electron chi connectivity index (χ1n) is 4.57. The molecule has 1 unspecified atom stereocenters. The average molecular weight is 251 g/mol. The molecule has 0 saturated carbocycles. The summed E-state index contributed by atoms with van der Waals surface area (Å²) in [4.78, 5) is 7.05. The fourth-order valence-corrected chi connectivity index (χ4v) is 2.35. The maximum Gasteiger partial charge on any atom is 0.183 e. The molecule has 1 N–H and O–H groups in total. The van der Waals surface area contributed by atoms with Gasteiger partial charge in [0, 0.05) is 31.3 Å². The quantitative estimate of drug-likeness (QED) is 0.825. The Hall–Kier alpha value is -0.200. The molecule has 15 heavy (non-hydrogen) atoms. The molecule has 0 amide bonds. The number of aromatic nitrogens is 1. The number of aliphatic hydroxyl groups excluding tert-OH is 1. The summed E-state index contributed by atoms with van der Waals surface area (Å²) in [6.45, 7) is 1.67. The second-order valence-corrected chi connectivity index (χ2v) is 5.08. The summed E-state index contributed by atoms with van der Waals surface area (Å²) in [6, 6.07) is 0. The van der Waals surface area contributed by atoms with E-state index in [1.54, 1.807) is 13.3 Å². The Morgan fingerprint density at radius 2 is 2.47 bits per heavy atom. The summed E-state index contributed by atoms with van der Waals surface area (Å²) in [6.07, 6.45) is 1.30. The van der Waals surface area contributed by atoms with Gasteiger partial charge in [0.1, 0.15) is 0 Å². The smallest absolute Gasteiger partial charge is 0.183 e. The van der Waals surface area contributed by atoms with Crippen LogP contribution in [0.4, 0.5) is 0 Å². The normalized spacial score (nSPS) is 13.4. The van der Waals surface area contributed by atoms with Gasteiger partial charge in [-0.3, -0.25) is 4.90 Å². The second-order valence-electron chi connectivity index (χ2n) is 3.39. The SMILES string of the molecule is COCC(O)CN(C)Cc1cnc(Cl)s1. The van der Waals surface area contributed by atoms with Crippen molar-refractivity contribution < 1.29 is 9.84 Å². The highest BCUT2D eigenvalue weighted by atomic mass is 35.5. The van der Waals surface area contributed by atoms with E-state index in [0.29, 0.717) is 17.6 Å². The molecule has 1 rings (SSSR count). The van der Waals surface area contributed by atoms with Crippen LogP contribution in [0.1, 0.15) is 4.88 Å². The molecule has 0 aliphatic heterocycles. The summed E-state index contributed by atoms with van der Waals surface area (Å²) >= 11 is 7.18. The lowest BCUT2D eigenvalue weighted by molar-refractivity contribution is 0.0420. The van der Waals surface area contributed by atoms with Gasteiger partial charge in [0.15, 0.2) is 4.47 Å². The molecule has 1 aromatic rings. The lowest BCUT2D eigenvalue weighted by atomic mass is 10.3. The van der Waals surface area contributed by atoms with Gasteiger partial charge in [-0.1, -0.05) is 11.6 Å². The van der Waals surface area contributed by atoms with Crippen LogP contribution in [0.25, 0.3) is 0 Å². The lowest BCUT2D eigenvalue weighted by Crippen LogP contribution is -2.31. The van der Waals surface area contributed by atoms with E-state index < -0.39 is 6.10 Å². The van der Waals surface area contributed by atoms with E-state index >= 15 is 0 Å². The van der Waals surface area contributed by atoms with Crippen LogP contribution in [0, 0.1) is 0 Å². The fourth-order valence-electron chi connectivity index (χ4n) is 1.29. The molecule has 1 atom stereocenters. The number of hydrogen-bond donors (Lipinski definition) is 1. The van der Waals surface area contributed by atoms with Gasteiger partial charge in [0.05, 0.1) is 12.7 Å². The zero-order valence-corrected chi connectivity index (χ0v) is 10.4. The van der Waals surface area contributed by atoms with E-state index in [1.165, 1.54) is 11.3 Å². The molecular formula is C9H15ClN2O2S. The Balaban J connectivity index is 2.32. The molecule has 0 spiro atoms. The lowest BCUT2D eigenvalue weighted by Gasteiger charge is -2.18. The number of aliphatic hydroxyl groups is 1. The van der Waals surface area contributed by atoms with Gasteiger partial charge < -0.3 is 9.84 Å². The number of hydrogen-bond acceptors (Lipinski definition) is 5. The highest BCUT2D eigenvalue weighted by molar-refractivity contribution is 7.15. The predicted molar refractivity (Wildman–Crippen MR) is 61.3 cm³/mol. The standard InChI is InChI=1S/C9H15ClN2O2S/c1-12(4-7(13)6-14-2)5-8-3-11-9(10)15-8/h3,7,13H,4-6H2,1-2H3. The maximum absolute atomic E-state index is 9.50. The van der Waals surface area contributed by atoms with Crippen molar-refractivity contribution in [2.75, 3.05) is 27.3 Å². The van der Waals surface area contributed by atoms with Crippen molar-refractivity contribution in [3.8, 4) is 0 Å². The Kier molecular flexibility index (Phi) is 5.49. The molecule has 0 fully saturated rings. The first-order chi connectivity index (χ1) is 7.11. The molecule has 86 valence electrons. The number of rotatable bonds is 6. The van der Waals surface area contributed by atoms with Crippen molar-refractivity contribution in [1.29, 1.82) is 0 Å². The van der Waals surface area contributed by atoms with Crippen molar-refractivity contribution >= 4 is 22.9 Å². The van der Waals surface area contributed by atoms with Crippen LogP contribution in [0.2, 0.25) is 4.47 Å². The minimum atomic E-state index is -0.455. The van der Waals surface area contributed by atoms with Crippen molar-refractivity contribution in [2.45, 2.75) is 12.6 Å². The van der Waals surface area contributed by atoms with E-state index in [4.69, 9.17) is 16.3 Å². The largest absolute Gasteiger partial charge is 0.389 e. The third-order valence-electron chi connectivity index (χ3n) is 1.83. The molecule has 0 saturated heterocycles. The minimum Gasteiger partial charge on any atom is -0.389 e. The first-order valence-corrected chi connectivity index (χ1v) is 5.77. The molecule has 6 heteroatoms. The van der Waals surface area contributed by atoms with Crippen LogP contribution in [0.5, 0.6) is 0 Å². The van der Waals surface area contributed by atoms with E-state index in [-0.39, 0.29) is 0 Å². The number of nitrogens with zero attached hydrogens (tertiary/aromatic N) is 2. The molecular weight excluding hydrogens is 236 g/mol. The molecule has 1 aromatic heterocycles. The van der Waals surface area contributed by atoms with Gasteiger partial charge in [0.25, 0.3) is 0 Å².